The summed E-state index contributed by atoms with van der Waals surface area (Å²) in [5, 5.41) is 4.01. The van der Waals surface area contributed by atoms with Gasteiger partial charge < -0.3 is 4.74 Å². The molecule has 5 heteroatoms. The predicted octanol–water partition coefficient (Wildman–Crippen LogP) is 4.40. The molecule has 0 bridgehead atoms. The number of hydrazone groups is 1. The number of carbonyl (C=O) groups excluding carboxylic acids is 1. The normalized spacial score (nSPS) is 10.8. The summed E-state index contributed by atoms with van der Waals surface area (Å²) in [6, 6.07) is 21.3. The maximum Gasteiger partial charge on any atom is 0.281 e. The van der Waals surface area contributed by atoms with E-state index < -0.39 is 0 Å². The number of benzene rings is 2. The molecular formula is C20H18N2O2S. The highest BCUT2D eigenvalue weighted by atomic mass is 32.1. The summed E-state index contributed by atoms with van der Waals surface area (Å²) in [5.41, 5.74) is 4.50. The standard InChI is InChI=1S/C20H18N2O2S/c1-15-10-11-19(25-15)20(23)22-21-13-17-8-5-9-18(12-17)24-14-16-6-3-2-4-7-16/h2-13H,14H2,1H3,(H,22,23)/b21-13-. The SMILES string of the molecule is Cc1ccc(C(=O)N/N=C\c2cccc(OCc3ccccc3)c2)s1. The number of carbonyl (C=O) groups is 1. The van der Waals surface area contributed by atoms with Crippen molar-refractivity contribution in [3.8, 4) is 5.75 Å². The summed E-state index contributed by atoms with van der Waals surface area (Å²) in [6.45, 7) is 2.47. The van der Waals surface area contributed by atoms with E-state index in [9.17, 15) is 4.79 Å². The van der Waals surface area contributed by atoms with Gasteiger partial charge in [-0.05, 0) is 42.3 Å². The van der Waals surface area contributed by atoms with Crippen molar-refractivity contribution in [1.29, 1.82) is 0 Å². The highest BCUT2D eigenvalue weighted by Gasteiger charge is 2.06. The number of aryl methyl sites for hydroxylation is 1. The van der Waals surface area contributed by atoms with E-state index in [0.717, 1.165) is 21.8 Å². The second-order valence-electron chi connectivity index (χ2n) is 5.46. The number of rotatable bonds is 6. The fourth-order valence-corrected chi connectivity index (χ4v) is 2.96. The molecule has 0 unspecified atom stereocenters. The van der Waals surface area contributed by atoms with Crippen LogP contribution in [0.15, 0.2) is 71.8 Å². The van der Waals surface area contributed by atoms with Crippen molar-refractivity contribution in [2.75, 3.05) is 0 Å². The fraction of sp³-hybridized carbons (Fsp3) is 0.100. The molecule has 0 saturated carbocycles. The van der Waals surface area contributed by atoms with E-state index in [1.54, 1.807) is 12.3 Å². The predicted molar refractivity (Wildman–Crippen MR) is 101 cm³/mol. The van der Waals surface area contributed by atoms with Gasteiger partial charge in [-0.15, -0.1) is 11.3 Å². The zero-order valence-corrected chi connectivity index (χ0v) is 14.6. The third-order valence-electron chi connectivity index (χ3n) is 3.45. The zero-order valence-electron chi connectivity index (χ0n) is 13.8. The number of nitrogens with zero attached hydrogens (tertiary/aromatic N) is 1. The quantitative estimate of drug-likeness (QED) is 0.529. The Bertz CT molecular complexity index is 872. The van der Waals surface area contributed by atoms with Crippen LogP contribution in [0, 0.1) is 6.92 Å². The van der Waals surface area contributed by atoms with E-state index in [4.69, 9.17) is 4.74 Å². The first-order valence-electron chi connectivity index (χ1n) is 7.87. The van der Waals surface area contributed by atoms with Crippen molar-refractivity contribution in [3.05, 3.63) is 87.6 Å². The van der Waals surface area contributed by atoms with Crippen LogP contribution in [0.3, 0.4) is 0 Å². The van der Waals surface area contributed by atoms with Gasteiger partial charge in [-0.3, -0.25) is 4.79 Å². The Labute approximate surface area is 150 Å². The second kappa shape index (κ2) is 8.26. The van der Waals surface area contributed by atoms with Crippen molar-refractivity contribution in [2.24, 2.45) is 5.10 Å². The van der Waals surface area contributed by atoms with E-state index >= 15 is 0 Å². The largest absolute Gasteiger partial charge is 0.489 e. The third kappa shape index (κ3) is 5.02. The fourth-order valence-electron chi connectivity index (χ4n) is 2.20. The van der Waals surface area contributed by atoms with Crippen LogP contribution in [0.5, 0.6) is 5.75 Å². The van der Waals surface area contributed by atoms with Gasteiger partial charge in [0.15, 0.2) is 0 Å². The minimum atomic E-state index is -0.203. The van der Waals surface area contributed by atoms with E-state index in [1.165, 1.54) is 11.3 Å². The van der Waals surface area contributed by atoms with Crippen molar-refractivity contribution >= 4 is 23.5 Å². The van der Waals surface area contributed by atoms with Crippen molar-refractivity contribution < 1.29 is 9.53 Å². The molecule has 1 N–H and O–H groups in total. The maximum atomic E-state index is 11.9. The first-order valence-corrected chi connectivity index (χ1v) is 8.69. The number of thiophene rings is 1. The van der Waals surface area contributed by atoms with Gasteiger partial charge in [0.1, 0.15) is 12.4 Å². The van der Waals surface area contributed by atoms with E-state index in [-0.39, 0.29) is 5.91 Å². The summed E-state index contributed by atoms with van der Waals surface area (Å²) >= 11 is 1.44. The molecular weight excluding hydrogens is 332 g/mol. The average molecular weight is 350 g/mol. The molecule has 0 atom stereocenters. The number of nitrogens with one attached hydrogen (secondary N) is 1. The molecule has 0 fully saturated rings. The summed E-state index contributed by atoms with van der Waals surface area (Å²) in [5.74, 6) is 0.554. The Hall–Kier alpha value is -2.92. The first kappa shape index (κ1) is 16.9. The number of hydrogen-bond acceptors (Lipinski definition) is 4. The van der Waals surface area contributed by atoms with Crippen LogP contribution in [0.1, 0.15) is 25.7 Å². The Morgan fingerprint density at radius 3 is 2.72 bits per heavy atom. The average Bonchev–Trinajstić information content (AvgIpc) is 3.08. The van der Waals surface area contributed by atoms with Gasteiger partial charge in [-0.1, -0.05) is 42.5 Å². The van der Waals surface area contributed by atoms with E-state index in [1.807, 2.05) is 67.6 Å². The minimum Gasteiger partial charge on any atom is -0.489 e. The first-order chi connectivity index (χ1) is 12.2. The molecule has 1 aromatic heterocycles. The lowest BCUT2D eigenvalue weighted by Gasteiger charge is -2.06. The molecule has 4 nitrogen and oxygen atoms in total. The molecule has 126 valence electrons. The van der Waals surface area contributed by atoms with Crippen molar-refractivity contribution in [2.45, 2.75) is 13.5 Å². The van der Waals surface area contributed by atoms with Crippen LogP contribution in [0.4, 0.5) is 0 Å². The van der Waals surface area contributed by atoms with Crippen LogP contribution in [-0.2, 0) is 6.61 Å². The molecule has 1 heterocycles. The Morgan fingerprint density at radius 2 is 1.96 bits per heavy atom. The smallest absolute Gasteiger partial charge is 0.281 e. The second-order valence-corrected chi connectivity index (χ2v) is 6.74. The maximum absolute atomic E-state index is 11.9. The molecule has 0 aliphatic carbocycles. The van der Waals surface area contributed by atoms with Gasteiger partial charge in [0.05, 0.1) is 11.1 Å². The van der Waals surface area contributed by atoms with Crippen LogP contribution in [-0.4, -0.2) is 12.1 Å². The Balaban J connectivity index is 1.56. The molecule has 0 aliphatic heterocycles. The summed E-state index contributed by atoms with van der Waals surface area (Å²) in [4.78, 5) is 13.7. The van der Waals surface area contributed by atoms with Crippen molar-refractivity contribution in [1.82, 2.24) is 5.43 Å². The van der Waals surface area contributed by atoms with Gasteiger partial charge in [0.2, 0.25) is 0 Å². The summed E-state index contributed by atoms with van der Waals surface area (Å²) in [7, 11) is 0. The molecule has 3 aromatic rings. The highest BCUT2D eigenvalue weighted by Crippen LogP contribution is 2.15. The molecule has 1 amide bonds. The van der Waals surface area contributed by atoms with Gasteiger partial charge in [0, 0.05) is 4.88 Å². The monoisotopic (exact) mass is 350 g/mol. The van der Waals surface area contributed by atoms with Gasteiger partial charge in [-0.25, -0.2) is 5.43 Å². The summed E-state index contributed by atoms with van der Waals surface area (Å²) in [6.07, 6.45) is 1.60. The van der Waals surface area contributed by atoms with Crippen LogP contribution in [0.25, 0.3) is 0 Å². The third-order valence-corrected chi connectivity index (χ3v) is 4.45. The van der Waals surface area contributed by atoms with Crippen LogP contribution in [0.2, 0.25) is 0 Å². The Morgan fingerprint density at radius 1 is 1.12 bits per heavy atom. The van der Waals surface area contributed by atoms with Gasteiger partial charge in [-0.2, -0.15) is 5.10 Å². The minimum absolute atomic E-state index is 0.203. The highest BCUT2D eigenvalue weighted by molar-refractivity contribution is 7.13. The molecule has 2 aromatic carbocycles. The van der Waals surface area contributed by atoms with Crippen LogP contribution >= 0.6 is 11.3 Å². The summed E-state index contributed by atoms with van der Waals surface area (Å²) < 4.78 is 5.78. The molecule has 0 spiro atoms. The molecule has 25 heavy (non-hydrogen) atoms. The Kier molecular flexibility index (Phi) is 5.59. The lowest BCUT2D eigenvalue weighted by Crippen LogP contribution is -2.16. The molecule has 3 rings (SSSR count). The topological polar surface area (TPSA) is 50.7 Å². The van der Waals surface area contributed by atoms with Gasteiger partial charge >= 0.3 is 0 Å². The van der Waals surface area contributed by atoms with Gasteiger partial charge in [0.25, 0.3) is 5.91 Å². The van der Waals surface area contributed by atoms with Crippen LogP contribution < -0.4 is 10.2 Å². The van der Waals surface area contributed by atoms with E-state index in [0.29, 0.717) is 11.5 Å². The number of ether oxygens (including phenoxy) is 1. The number of hydrogen-bond donors (Lipinski definition) is 1. The van der Waals surface area contributed by atoms with E-state index in [2.05, 4.69) is 10.5 Å². The number of amides is 1. The molecule has 0 radical (unpaired) electrons. The van der Waals surface area contributed by atoms with Crippen molar-refractivity contribution in [3.63, 3.8) is 0 Å². The molecule has 0 saturated heterocycles. The lowest BCUT2D eigenvalue weighted by atomic mass is 10.2. The lowest BCUT2D eigenvalue weighted by molar-refractivity contribution is 0.0959. The molecule has 0 aliphatic rings. The zero-order chi connectivity index (χ0) is 17.5.